The van der Waals surface area contributed by atoms with Gasteiger partial charge in [-0.2, -0.15) is 0 Å². The van der Waals surface area contributed by atoms with Crippen molar-refractivity contribution in [2.45, 2.75) is 40.0 Å². The number of carbonyl (C=O) groups excluding carboxylic acids is 2. The molecule has 0 bridgehead atoms. The summed E-state index contributed by atoms with van der Waals surface area (Å²) in [7, 11) is 0. The molecular formula is C23H28N2O4S. The number of hydrogen-bond acceptors (Lipinski definition) is 5. The van der Waals surface area contributed by atoms with Gasteiger partial charge in [-0.25, -0.2) is 9.59 Å². The maximum Gasteiger partial charge on any atom is 0.338 e. The van der Waals surface area contributed by atoms with Crippen molar-refractivity contribution >= 4 is 40.6 Å². The Bertz CT molecular complexity index is 845. The summed E-state index contributed by atoms with van der Waals surface area (Å²) >= 11 is 5.39. The highest BCUT2D eigenvalue weighted by Gasteiger charge is 2.15. The Labute approximate surface area is 183 Å². The zero-order chi connectivity index (χ0) is 21.9. The Morgan fingerprint density at radius 2 is 1.37 bits per heavy atom. The summed E-state index contributed by atoms with van der Waals surface area (Å²) in [5.41, 5.74) is 3.10. The van der Waals surface area contributed by atoms with Gasteiger partial charge in [0.05, 0.1) is 24.3 Å². The number of unbranched alkanes of at least 4 members (excludes halogenated alkanes) is 1. The van der Waals surface area contributed by atoms with E-state index in [0.717, 1.165) is 24.9 Å². The fourth-order valence-corrected chi connectivity index (χ4v) is 3.03. The standard InChI is InChI=1S/C23H28N2O4S/c1-4-7-8-16-9-11-19(12-10-16)24-23(30)25-20-14-17(21(26)28-5-2)13-18(15-20)22(27)29-6-3/h9-15H,4-8H2,1-3H3,(H2,24,25,30). The Morgan fingerprint density at radius 1 is 0.833 bits per heavy atom. The number of anilines is 2. The van der Waals surface area contributed by atoms with E-state index in [1.54, 1.807) is 26.0 Å². The van der Waals surface area contributed by atoms with Gasteiger partial charge in [0.2, 0.25) is 0 Å². The minimum atomic E-state index is -0.520. The molecule has 2 rings (SSSR count). The van der Waals surface area contributed by atoms with Crippen LogP contribution in [0.5, 0.6) is 0 Å². The second-order valence-corrected chi connectivity index (χ2v) is 7.03. The molecule has 160 valence electrons. The van der Waals surface area contributed by atoms with Gasteiger partial charge in [-0.3, -0.25) is 0 Å². The molecule has 0 saturated carbocycles. The van der Waals surface area contributed by atoms with E-state index < -0.39 is 11.9 Å². The number of nitrogens with one attached hydrogen (secondary N) is 2. The van der Waals surface area contributed by atoms with E-state index in [0.29, 0.717) is 10.8 Å². The third-order valence-electron chi connectivity index (χ3n) is 4.24. The second kappa shape index (κ2) is 11.9. The highest BCUT2D eigenvalue weighted by molar-refractivity contribution is 7.80. The maximum absolute atomic E-state index is 12.2. The Hall–Kier alpha value is -2.93. The van der Waals surface area contributed by atoms with E-state index >= 15 is 0 Å². The van der Waals surface area contributed by atoms with Gasteiger partial charge in [0.15, 0.2) is 5.11 Å². The zero-order valence-electron chi connectivity index (χ0n) is 17.6. The molecule has 2 aromatic rings. The molecule has 0 aliphatic carbocycles. The molecule has 2 aromatic carbocycles. The van der Waals surface area contributed by atoms with E-state index in [9.17, 15) is 9.59 Å². The molecule has 30 heavy (non-hydrogen) atoms. The first-order valence-corrected chi connectivity index (χ1v) is 10.5. The number of thiocarbonyl (C=S) groups is 1. The number of hydrogen-bond donors (Lipinski definition) is 2. The van der Waals surface area contributed by atoms with Gasteiger partial charge >= 0.3 is 11.9 Å². The van der Waals surface area contributed by atoms with Crippen LogP contribution in [0.25, 0.3) is 0 Å². The third-order valence-corrected chi connectivity index (χ3v) is 4.45. The largest absolute Gasteiger partial charge is 0.462 e. The zero-order valence-corrected chi connectivity index (χ0v) is 18.4. The van der Waals surface area contributed by atoms with Crippen LogP contribution < -0.4 is 10.6 Å². The van der Waals surface area contributed by atoms with Crippen LogP contribution in [0.3, 0.4) is 0 Å². The van der Waals surface area contributed by atoms with Crippen LogP contribution in [0.2, 0.25) is 0 Å². The van der Waals surface area contributed by atoms with E-state index in [1.807, 2.05) is 12.1 Å². The van der Waals surface area contributed by atoms with E-state index in [2.05, 4.69) is 29.7 Å². The minimum Gasteiger partial charge on any atom is -0.462 e. The highest BCUT2D eigenvalue weighted by atomic mass is 32.1. The predicted molar refractivity (Wildman–Crippen MR) is 123 cm³/mol. The Morgan fingerprint density at radius 3 is 1.87 bits per heavy atom. The van der Waals surface area contributed by atoms with Gasteiger partial charge in [-0.05, 0) is 74.8 Å². The number of ether oxygens (including phenoxy) is 2. The summed E-state index contributed by atoms with van der Waals surface area (Å²) in [6.45, 7) is 6.08. The molecule has 0 radical (unpaired) electrons. The smallest absolute Gasteiger partial charge is 0.338 e. The molecule has 0 saturated heterocycles. The van der Waals surface area contributed by atoms with Gasteiger partial charge < -0.3 is 20.1 Å². The molecule has 2 N–H and O–H groups in total. The van der Waals surface area contributed by atoms with E-state index in [1.165, 1.54) is 11.6 Å². The van der Waals surface area contributed by atoms with Crippen LogP contribution >= 0.6 is 12.2 Å². The van der Waals surface area contributed by atoms with Gasteiger partial charge in [0.1, 0.15) is 0 Å². The van der Waals surface area contributed by atoms with E-state index in [-0.39, 0.29) is 24.3 Å². The number of rotatable bonds is 9. The molecule has 0 heterocycles. The lowest BCUT2D eigenvalue weighted by atomic mass is 10.1. The molecule has 0 aliphatic rings. The average Bonchev–Trinajstić information content (AvgIpc) is 2.73. The van der Waals surface area contributed by atoms with Crippen LogP contribution in [-0.2, 0) is 15.9 Å². The summed E-state index contributed by atoms with van der Waals surface area (Å²) in [5.74, 6) is -1.04. The summed E-state index contributed by atoms with van der Waals surface area (Å²) in [5, 5.41) is 6.47. The fourth-order valence-electron chi connectivity index (χ4n) is 2.79. The lowest BCUT2D eigenvalue weighted by Gasteiger charge is -2.13. The first-order valence-electron chi connectivity index (χ1n) is 10.1. The molecule has 0 unspecified atom stereocenters. The minimum absolute atomic E-state index is 0.236. The van der Waals surface area contributed by atoms with E-state index in [4.69, 9.17) is 21.7 Å². The normalized spacial score (nSPS) is 10.2. The first kappa shape index (κ1) is 23.3. The lowest BCUT2D eigenvalue weighted by molar-refractivity contribution is 0.0525. The van der Waals surface area contributed by atoms with Gasteiger partial charge in [-0.15, -0.1) is 0 Å². The predicted octanol–water partition coefficient (Wildman–Crippen LogP) is 5.19. The molecule has 6 nitrogen and oxygen atoms in total. The number of carbonyl (C=O) groups is 2. The van der Waals surface area contributed by atoms with Crippen molar-refractivity contribution in [2.24, 2.45) is 0 Å². The van der Waals surface area contributed by atoms with Crippen molar-refractivity contribution in [2.75, 3.05) is 23.8 Å². The van der Waals surface area contributed by atoms with Crippen molar-refractivity contribution < 1.29 is 19.1 Å². The topological polar surface area (TPSA) is 76.7 Å². The van der Waals surface area contributed by atoms with Gasteiger partial charge in [-0.1, -0.05) is 25.5 Å². The molecule has 0 amide bonds. The number of aryl methyl sites for hydroxylation is 1. The van der Waals surface area contributed by atoms with Crippen LogP contribution in [-0.4, -0.2) is 30.3 Å². The molecule has 0 aromatic heterocycles. The SMILES string of the molecule is CCCCc1ccc(NC(=S)Nc2cc(C(=O)OCC)cc(C(=O)OCC)c2)cc1. The second-order valence-electron chi connectivity index (χ2n) is 6.62. The highest BCUT2D eigenvalue weighted by Crippen LogP contribution is 2.18. The van der Waals surface area contributed by atoms with Crippen molar-refractivity contribution in [1.29, 1.82) is 0 Å². The third kappa shape index (κ3) is 7.15. The maximum atomic E-state index is 12.2. The van der Waals surface area contributed by atoms with Crippen molar-refractivity contribution in [3.8, 4) is 0 Å². The molecular weight excluding hydrogens is 400 g/mol. The molecule has 0 spiro atoms. The van der Waals surface area contributed by atoms with Gasteiger partial charge in [0.25, 0.3) is 0 Å². The molecule has 7 heteroatoms. The lowest BCUT2D eigenvalue weighted by Crippen LogP contribution is -2.20. The summed E-state index contributed by atoms with van der Waals surface area (Å²) in [4.78, 5) is 24.3. The van der Waals surface area contributed by atoms with Crippen LogP contribution in [0, 0.1) is 0 Å². The van der Waals surface area contributed by atoms with Crippen LogP contribution in [0.1, 0.15) is 59.9 Å². The van der Waals surface area contributed by atoms with Crippen molar-refractivity contribution in [3.63, 3.8) is 0 Å². The van der Waals surface area contributed by atoms with Crippen molar-refractivity contribution in [1.82, 2.24) is 0 Å². The molecule has 0 fully saturated rings. The monoisotopic (exact) mass is 428 g/mol. The quantitative estimate of drug-likeness (QED) is 0.420. The van der Waals surface area contributed by atoms with Crippen molar-refractivity contribution in [3.05, 3.63) is 59.2 Å². The Balaban J connectivity index is 2.13. The molecule has 0 aliphatic heterocycles. The van der Waals surface area contributed by atoms with Gasteiger partial charge in [0, 0.05) is 11.4 Å². The average molecular weight is 429 g/mol. The number of benzene rings is 2. The first-order chi connectivity index (χ1) is 14.5. The number of esters is 2. The summed E-state index contributed by atoms with van der Waals surface area (Å²) in [6.07, 6.45) is 3.37. The summed E-state index contributed by atoms with van der Waals surface area (Å²) in [6, 6.07) is 12.7. The fraction of sp³-hybridized carbons (Fsp3) is 0.348. The summed E-state index contributed by atoms with van der Waals surface area (Å²) < 4.78 is 10.1. The van der Waals surface area contributed by atoms with Crippen LogP contribution in [0.15, 0.2) is 42.5 Å². The van der Waals surface area contributed by atoms with Crippen LogP contribution in [0.4, 0.5) is 11.4 Å². The molecule has 0 atom stereocenters. The Kier molecular flexibility index (Phi) is 9.28.